The third-order valence-electron chi connectivity index (χ3n) is 1.83. The molecule has 1 aromatic rings. The Balaban J connectivity index is 2.53. The van der Waals surface area contributed by atoms with Crippen molar-refractivity contribution in [1.82, 2.24) is 0 Å². The zero-order chi connectivity index (χ0) is 9.68. The lowest BCUT2D eigenvalue weighted by Crippen LogP contribution is -1.87. The first-order valence-electron chi connectivity index (χ1n) is 4.24. The van der Waals surface area contributed by atoms with E-state index in [2.05, 4.69) is 0 Å². The van der Waals surface area contributed by atoms with Crippen LogP contribution in [0, 0.1) is 5.82 Å². The molecule has 0 unspecified atom stereocenters. The Labute approximate surface area is 87.7 Å². The lowest BCUT2D eigenvalue weighted by atomic mass is 10.1. The molecule has 1 aromatic carbocycles. The van der Waals surface area contributed by atoms with Gasteiger partial charge in [0, 0.05) is 5.88 Å². The van der Waals surface area contributed by atoms with Crippen molar-refractivity contribution in [2.24, 2.45) is 0 Å². The number of alkyl halides is 1. The van der Waals surface area contributed by atoms with Crippen LogP contribution >= 0.6 is 23.2 Å². The van der Waals surface area contributed by atoms with Crippen LogP contribution in [0.15, 0.2) is 18.2 Å². The SMILES string of the molecule is Fc1ccc(CCCCCl)cc1Cl. The zero-order valence-electron chi connectivity index (χ0n) is 7.19. The Morgan fingerprint density at radius 3 is 2.62 bits per heavy atom. The maximum atomic E-state index is 12.7. The average molecular weight is 221 g/mol. The van der Waals surface area contributed by atoms with Crippen molar-refractivity contribution in [1.29, 1.82) is 0 Å². The van der Waals surface area contributed by atoms with E-state index in [0.29, 0.717) is 5.88 Å². The predicted molar refractivity (Wildman–Crippen MR) is 55.1 cm³/mol. The average Bonchev–Trinajstić information content (AvgIpc) is 2.12. The summed E-state index contributed by atoms with van der Waals surface area (Å²) in [6.07, 6.45) is 2.91. The number of benzene rings is 1. The molecule has 0 aromatic heterocycles. The summed E-state index contributed by atoms with van der Waals surface area (Å²) in [5.41, 5.74) is 1.07. The van der Waals surface area contributed by atoms with E-state index < -0.39 is 0 Å². The molecule has 0 spiro atoms. The highest BCUT2D eigenvalue weighted by Crippen LogP contribution is 2.17. The van der Waals surface area contributed by atoms with Crippen molar-refractivity contribution in [2.45, 2.75) is 19.3 Å². The Morgan fingerprint density at radius 2 is 2.00 bits per heavy atom. The van der Waals surface area contributed by atoms with Gasteiger partial charge < -0.3 is 0 Å². The van der Waals surface area contributed by atoms with Crippen LogP contribution in [0.5, 0.6) is 0 Å². The lowest BCUT2D eigenvalue weighted by molar-refractivity contribution is 0.627. The van der Waals surface area contributed by atoms with Crippen LogP contribution in [-0.4, -0.2) is 5.88 Å². The lowest BCUT2D eigenvalue weighted by Gasteiger charge is -2.01. The Kier molecular flexibility index (Phi) is 4.54. The van der Waals surface area contributed by atoms with Gasteiger partial charge in [-0.25, -0.2) is 4.39 Å². The fraction of sp³-hybridized carbons (Fsp3) is 0.400. The number of aryl methyl sites for hydroxylation is 1. The van der Waals surface area contributed by atoms with Gasteiger partial charge in [0.1, 0.15) is 5.82 Å². The first-order chi connectivity index (χ1) is 6.24. The molecule has 0 N–H and O–H groups in total. The Morgan fingerprint density at radius 1 is 1.23 bits per heavy atom. The summed E-state index contributed by atoms with van der Waals surface area (Å²) in [6, 6.07) is 4.83. The maximum Gasteiger partial charge on any atom is 0.141 e. The van der Waals surface area contributed by atoms with Gasteiger partial charge in [-0.2, -0.15) is 0 Å². The molecule has 0 saturated heterocycles. The largest absolute Gasteiger partial charge is 0.205 e. The highest BCUT2D eigenvalue weighted by Gasteiger charge is 2.00. The van der Waals surface area contributed by atoms with Gasteiger partial charge in [0.15, 0.2) is 0 Å². The van der Waals surface area contributed by atoms with E-state index in [9.17, 15) is 4.39 Å². The first kappa shape index (κ1) is 10.8. The van der Waals surface area contributed by atoms with Crippen LogP contribution in [-0.2, 0) is 6.42 Å². The van der Waals surface area contributed by atoms with Crippen molar-refractivity contribution in [2.75, 3.05) is 5.88 Å². The van der Waals surface area contributed by atoms with Crippen LogP contribution in [0.3, 0.4) is 0 Å². The van der Waals surface area contributed by atoms with Gasteiger partial charge in [-0.3, -0.25) is 0 Å². The van der Waals surface area contributed by atoms with Gasteiger partial charge in [0.05, 0.1) is 5.02 Å². The van der Waals surface area contributed by atoms with Gasteiger partial charge in [0.25, 0.3) is 0 Å². The Hall–Kier alpha value is -0.270. The molecule has 0 atom stereocenters. The molecule has 0 heterocycles. The highest BCUT2D eigenvalue weighted by atomic mass is 35.5. The fourth-order valence-corrected chi connectivity index (χ4v) is 1.51. The number of halogens is 3. The first-order valence-corrected chi connectivity index (χ1v) is 5.15. The summed E-state index contributed by atoms with van der Waals surface area (Å²) < 4.78 is 12.7. The summed E-state index contributed by atoms with van der Waals surface area (Å²) in [5.74, 6) is 0.317. The Bertz CT molecular complexity index is 274. The maximum absolute atomic E-state index is 12.7. The van der Waals surface area contributed by atoms with Crippen LogP contribution < -0.4 is 0 Å². The molecule has 3 heteroatoms. The zero-order valence-corrected chi connectivity index (χ0v) is 8.71. The van der Waals surface area contributed by atoms with Crippen LogP contribution in [0.25, 0.3) is 0 Å². The summed E-state index contributed by atoms with van der Waals surface area (Å²) in [5, 5.41) is 0.198. The quantitative estimate of drug-likeness (QED) is 0.531. The summed E-state index contributed by atoms with van der Waals surface area (Å²) in [6.45, 7) is 0. The standard InChI is InChI=1S/C10H11Cl2F/c11-6-2-1-3-8-4-5-10(13)9(12)7-8/h4-5,7H,1-3,6H2. The molecule has 0 fully saturated rings. The minimum Gasteiger partial charge on any atom is -0.205 e. The van der Waals surface area contributed by atoms with Gasteiger partial charge in [-0.1, -0.05) is 17.7 Å². The molecular weight excluding hydrogens is 210 g/mol. The molecule has 0 nitrogen and oxygen atoms in total. The second-order valence-electron chi connectivity index (χ2n) is 2.89. The van der Waals surface area contributed by atoms with E-state index in [4.69, 9.17) is 23.2 Å². The fourth-order valence-electron chi connectivity index (χ4n) is 1.12. The number of rotatable bonds is 4. The van der Waals surface area contributed by atoms with Crippen molar-refractivity contribution >= 4 is 23.2 Å². The molecule has 0 aliphatic carbocycles. The number of hydrogen-bond donors (Lipinski definition) is 0. The van der Waals surface area contributed by atoms with Gasteiger partial charge in [-0.05, 0) is 37.0 Å². The molecule has 72 valence electrons. The summed E-state index contributed by atoms with van der Waals surface area (Å²) >= 11 is 11.2. The van der Waals surface area contributed by atoms with E-state index in [1.165, 1.54) is 6.07 Å². The molecule has 0 amide bonds. The second-order valence-corrected chi connectivity index (χ2v) is 3.68. The molecule has 0 radical (unpaired) electrons. The van der Waals surface area contributed by atoms with Crippen molar-refractivity contribution in [3.63, 3.8) is 0 Å². The monoisotopic (exact) mass is 220 g/mol. The van der Waals surface area contributed by atoms with Crippen LogP contribution in [0.2, 0.25) is 5.02 Å². The molecule has 0 bridgehead atoms. The van der Waals surface area contributed by atoms with Crippen molar-refractivity contribution in [3.8, 4) is 0 Å². The summed E-state index contributed by atoms with van der Waals surface area (Å²) in [4.78, 5) is 0. The third-order valence-corrected chi connectivity index (χ3v) is 2.39. The molecule has 0 aliphatic rings. The van der Waals surface area contributed by atoms with E-state index >= 15 is 0 Å². The van der Waals surface area contributed by atoms with E-state index in [0.717, 1.165) is 24.8 Å². The van der Waals surface area contributed by atoms with Crippen molar-refractivity contribution in [3.05, 3.63) is 34.6 Å². The smallest absolute Gasteiger partial charge is 0.141 e. The molecular formula is C10H11Cl2F. The van der Waals surface area contributed by atoms with E-state index in [1.54, 1.807) is 12.1 Å². The summed E-state index contributed by atoms with van der Waals surface area (Å²) in [7, 11) is 0. The second kappa shape index (κ2) is 5.46. The predicted octanol–water partition coefficient (Wildman–Crippen LogP) is 4.04. The normalized spacial score (nSPS) is 10.4. The van der Waals surface area contributed by atoms with Crippen LogP contribution in [0.1, 0.15) is 18.4 Å². The third kappa shape index (κ3) is 3.53. The number of hydrogen-bond acceptors (Lipinski definition) is 0. The van der Waals surface area contributed by atoms with E-state index in [1.807, 2.05) is 0 Å². The molecule has 0 aliphatic heterocycles. The molecule has 13 heavy (non-hydrogen) atoms. The minimum absolute atomic E-state index is 0.198. The van der Waals surface area contributed by atoms with Gasteiger partial charge in [0.2, 0.25) is 0 Å². The van der Waals surface area contributed by atoms with Gasteiger partial charge in [-0.15, -0.1) is 11.6 Å². The van der Waals surface area contributed by atoms with Gasteiger partial charge >= 0.3 is 0 Å². The topological polar surface area (TPSA) is 0 Å². The van der Waals surface area contributed by atoms with Crippen LogP contribution in [0.4, 0.5) is 4.39 Å². The number of unbranched alkanes of at least 4 members (excludes halogenated alkanes) is 1. The molecule has 1 rings (SSSR count). The minimum atomic E-state index is -0.359. The highest BCUT2D eigenvalue weighted by molar-refractivity contribution is 6.30. The van der Waals surface area contributed by atoms with Crippen molar-refractivity contribution < 1.29 is 4.39 Å². The molecule has 0 saturated carbocycles. The van der Waals surface area contributed by atoms with E-state index in [-0.39, 0.29) is 10.8 Å².